The van der Waals surface area contributed by atoms with Crippen LogP contribution in [0.1, 0.15) is 20.3 Å². The number of nitrogens with one attached hydrogen (secondary N) is 1. The van der Waals surface area contributed by atoms with Crippen LogP contribution in [0, 0.1) is 5.92 Å². The predicted molar refractivity (Wildman–Crippen MR) is 54.0 cm³/mol. The smallest absolute Gasteiger partial charge is 0.246 e. The van der Waals surface area contributed by atoms with E-state index in [-0.39, 0.29) is 12.5 Å². The molecule has 0 aromatic heterocycles. The van der Waals surface area contributed by atoms with Gasteiger partial charge in [0.15, 0.2) is 0 Å². The standard InChI is InChI=1S/C9H18ClNO2/c1-3-4-13-7-9(12)11-6-8(2)5-10/h8H,3-7H2,1-2H3,(H,11,12). The van der Waals surface area contributed by atoms with E-state index in [2.05, 4.69) is 5.32 Å². The molecule has 1 atom stereocenters. The van der Waals surface area contributed by atoms with Gasteiger partial charge in [-0.2, -0.15) is 0 Å². The fraction of sp³-hybridized carbons (Fsp3) is 0.889. The van der Waals surface area contributed by atoms with E-state index >= 15 is 0 Å². The normalized spacial score (nSPS) is 12.5. The van der Waals surface area contributed by atoms with Gasteiger partial charge in [-0.3, -0.25) is 4.79 Å². The fourth-order valence-corrected chi connectivity index (χ4v) is 0.812. The van der Waals surface area contributed by atoms with Crippen molar-refractivity contribution in [2.24, 2.45) is 5.92 Å². The molecule has 0 aromatic rings. The lowest BCUT2D eigenvalue weighted by atomic mass is 10.2. The van der Waals surface area contributed by atoms with Crippen molar-refractivity contribution in [3.05, 3.63) is 0 Å². The van der Waals surface area contributed by atoms with E-state index in [4.69, 9.17) is 16.3 Å². The lowest BCUT2D eigenvalue weighted by Crippen LogP contribution is -2.32. The number of halogens is 1. The summed E-state index contributed by atoms with van der Waals surface area (Å²) in [5.41, 5.74) is 0. The van der Waals surface area contributed by atoms with E-state index < -0.39 is 0 Å². The number of hydrogen-bond donors (Lipinski definition) is 1. The number of rotatable bonds is 7. The molecule has 1 N–H and O–H groups in total. The summed E-state index contributed by atoms with van der Waals surface area (Å²) in [5.74, 6) is 0.818. The zero-order chi connectivity index (χ0) is 10.1. The monoisotopic (exact) mass is 207 g/mol. The SMILES string of the molecule is CCCOCC(=O)NCC(C)CCl. The van der Waals surface area contributed by atoms with Crippen LogP contribution in [-0.4, -0.2) is 31.5 Å². The molecule has 0 saturated carbocycles. The summed E-state index contributed by atoms with van der Waals surface area (Å²) in [4.78, 5) is 11.1. The van der Waals surface area contributed by atoms with Crippen LogP contribution in [0.4, 0.5) is 0 Å². The maximum atomic E-state index is 11.1. The largest absolute Gasteiger partial charge is 0.372 e. The van der Waals surface area contributed by atoms with E-state index in [0.29, 0.717) is 24.9 Å². The average Bonchev–Trinajstić information content (AvgIpc) is 2.14. The van der Waals surface area contributed by atoms with Crippen molar-refractivity contribution in [2.75, 3.05) is 25.6 Å². The Kier molecular flexibility index (Phi) is 8.14. The van der Waals surface area contributed by atoms with Gasteiger partial charge in [-0.25, -0.2) is 0 Å². The first-order valence-corrected chi connectivity index (χ1v) is 5.14. The first-order chi connectivity index (χ1) is 6.20. The number of carbonyl (C=O) groups is 1. The lowest BCUT2D eigenvalue weighted by molar-refractivity contribution is -0.125. The van der Waals surface area contributed by atoms with Crippen LogP contribution >= 0.6 is 11.6 Å². The van der Waals surface area contributed by atoms with Gasteiger partial charge >= 0.3 is 0 Å². The Bertz CT molecular complexity index is 142. The Hall–Kier alpha value is -0.280. The molecule has 0 heterocycles. The number of alkyl halides is 1. The molecule has 0 aromatic carbocycles. The van der Waals surface area contributed by atoms with E-state index in [1.807, 2.05) is 13.8 Å². The molecule has 1 unspecified atom stereocenters. The van der Waals surface area contributed by atoms with Crippen molar-refractivity contribution in [2.45, 2.75) is 20.3 Å². The Labute approximate surface area is 84.8 Å². The Morgan fingerprint density at radius 3 is 2.85 bits per heavy atom. The van der Waals surface area contributed by atoms with Gasteiger partial charge in [-0.05, 0) is 12.3 Å². The first kappa shape index (κ1) is 12.7. The summed E-state index contributed by atoms with van der Waals surface area (Å²) in [5, 5.41) is 2.74. The van der Waals surface area contributed by atoms with Crippen molar-refractivity contribution in [1.29, 1.82) is 0 Å². The van der Waals surface area contributed by atoms with E-state index in [0.717, 1.165) is 6.42 Å². The molecule has 0 spiro atoms. The third-order valence-corrected chi connectivity index (χ3v) is 2.02. The fourth-order valence-electron chi connectivity index (χ4n) is 0.703. The van der Waals surface area contributed by atoms with Gasteiger partial charge in [-0.15, -0.1) is 11.6 Å². The Morgan fingerprint density at radius 2 is 2.31 bits per heavy atom. The molecule has 0 aliphatic heterocycles. The molecular weight excluding hydrogens is 190 g/mol. The van der Waals surface area contributed by atoms with Crippen LogP contribution in [0.3, 0.4) is 0 Å². The minimum Gasteiger partial charge on any atom is -0.372 e. The molecule has 0 fully saturated rings. The molecule has 13 heavy (non-hydrogen) atoms. The van der Waals surface area contributed by atoms with Crippen LogP contribution in [0.5, 0.6) is 0 Å². The topological polar surface area (TPSA) is 38.3 Å². The summed E-state index contributed by atoms with van der Waals surface area (Å²) in [7, 11) is 0. The van der Waals surface area contributed by atoms with Crippen LogP contribution in [0.25, 0.3) is 0 Å². The Morgan fingerprint density at radius 1 is 1.62 bits per heavy atom. The maximum Gasteiger partial charge on any atom is 0.246 e. The van der Waals surface area contributed by atoms with Gasteiger partial charge in [0.25, 0.3) is 0 Å². The molecule has 4 heteroatoms. The molecule has 0 bridgehead atoms. The van der Waals surface area contributed by atoms with Gasteiger partial charge in [-0.1, -0.05) is 13.8 Å². The van der Waals surface area contributed by atoms with Crippen LogP contribution in [0.15, 0.2) is 0 Å². The molecule has 3 nitrogen and oxygen atoms in total. The third-order valence-electron chi connectivity index (χ3n) is 1.49. The quantitative estimate of drug-likeness (QED) is 0.507. The van der Waals surface area contributed by atoms with Gasteiger partial charge in [0, 0.05) is 19.0 Å². The van der Waals surface area contributed by atoms with Gasteiger partial charge < -0.3 is 10.1 Å². The summed E-state index contributed by atoms with van der Waals surface area (Å²) in [6, 6.07) is 0. The molecule has 78 valence electrons. The molecule has 0 saturated heterocycles. The minimum atomic E-state index is -0.0644. The third kappa shape index (κ3) is 8.06. The predicted octanol–water partition coefficient (Wildman–Crippen LogP) is 1.40. The van der Waals surface area contributed by atoms with Gasteiger partial charge in [0.05, 0.1) is 0 Å². The molecule has 0 rings (SSSR count). The number of ether oxygens (including phenoxy) is 1. The number of carbonyl (C=O) groups excluding carboxylic acids is 1. The zero-order valence-corrected chi connectivity index (χ0v) is 9.06. The van der Waals surface area contributed by atoms with Crippen molar-refractivity contribution in [1.82, 2.24) is 5.32 Å². The summed E-state index contributed by atoms with van der Waals surface area (Å²) < 4.78 is 5.07. The van der Waals surface area contributed by atoms with E-state index in [1.165, 1.54) is 0 Å². The van der Waals surface area contributed by atoms with Crippen molar-refractivity contribution >= 4 is 17.5 Å². The average molecular weight is 208 g/mol. The highest BCUT2D eigenvalue weighted by Gasteiger charge is 2.03. The highest BCUT2D eigenvalue weighted by Crippen LogP contribution is 1.94. The number of hydrogen-bond acceptors (Lipinski definition) is 2. The highest BCUT2D eigenvalue weighted by atomic mass is 35.5. The Balaban J connectivity index is 3.30. The molecule has 0 aliphatic carbocycles. The van der Waals surface area contributed by atoms with Gasteiger partial charge in [0.1, 0.15) is 6.61 Å². The van der Waals surface area contributed by atoms with Crippen molar-refractivity contribution in [3.63, 3.8) is 0 Å². The summed E-state index contributed by atoms with van der Waals surface area (Å²) in [6.07, 6.45) is 0.936. The molecule has 0 radical (unpaired) electrons. The van der Waals surface area contributed by atoms with E-state index in [1.54, 1.807) is 0 Å². The first-order valence-electron chi connectivity index (χ1n) is 4.61. The van der Waals surface area contributed by atoms with Gasteiger partial charge in [0.2, 0.25) is 5.91 Å². The van der Waals surface area contributed by atoms with Crippen LogP contribution in [0.2, 0.25) is 0 Å². The molecule has 0 aliphatic rings. The second-order valence-electron chi connectivity index (χ2n) is 3.12. The minimum absolute atomic E-state index is 0.0644. The summed E-state index contributed by atoms with van der Waals surface area (Å²) in [6.45, 7) is 5.41. The van der Waals surface area contributed by atoms with Crippen molar-refractivity contribution in [3.8, 4) is 0 Å². The second kappa shape index (κ2) is 8.32. The molecular formula is C9H18ClNO2. The highest BCUT2D eigenvalue weighted by molar-refractivity contribution is 6.18. The van der Waals surface area contributed by atoms with Crippen LogP contribution in [-0.2, 0) is 9.53 Å². The lowest BCUT2D eigenvalue weighted by Gasteiger charge is -2.09. The maximum absolute atomic E-state index is 11.1. The van der Waals surface area contributed by atoms with E-state index in [9.17, 15) is 4.79 Å². The summed E-state index contributed by atoms with van der Waals surface area (Å²) >= 11 is 5.58. The molecule has 1 amide bonds. The van der Waals surface area contributed by atoms with Crippen molar-refractivity contribution < 1.29 is 9.53 Å². The number of amides is 1. The second-order valence-corrected chi connectivity index (χ2v) is 3.42. The van der Waals surface area contributed by atoms with Crippen LogP contribution < -0.4 is 5.32 Å². The zero-order valence-electron chi connectivity index (χ0n) is 8.31.